The van der Waals surface area contributed by atoms with Gasteiger partial charge < -0.3 is 10.0 Å². The van der Waals surface area contributed by atoms with Gasteiger partial charge in [-0.1, -0.05) is 70.2 Å². The van der Waals surface area contributed by atoms with Crippen LogP contribution in [0.15, 0.2) is 42.5 Å². The Morgan fingerprint density at radius 2 is 1.19 bits per heavy atom. The van der Waals surface area contributed by atoms with Crippen molar-refractivity contribution in [3.63, 3.8) is 0 Å². The molecule has 0 atom stereocenters. The number of benzene rings is 2. The van der Waals surface area contributed by atoms with Crippen molar-refractivity contribution in [2.45, 2.75) is 38.5 Å². The Kier molecular flexibility index (Phi) is 3.05. The zero-order valence-corrected chi connectivity index (χ0v) is 13.0. The number of fused-ring (bicyclic) bond motifs is 2. The Morgan fingerprint density at radius 3 is 1.71 bits per heavy atom. The van der Waals surface area contributed by atoms with Gasteiger partial charge in [-0.2, -0.15) is 0 Å². The molecule has 1 aliphatic rings. The first-order chi connectivity index (χ1) is 9.76. The van der Waals surface area contributed by atoms with Crippen molar-refractivity contribution in [2.24, 2.45) is 0 Å². The Morgan fingerprint density at radius 1 is 0.714 bits per heavy atom. The van der Waals surface area contributed by atoms with Gasteiger partial charge in [0.1, 0.15) is 0 Å². The molecule has 0 unspecified atom stereocenters. The fourth-order valence-corrected chi connectivity index (χ4v) is 3.65. The van der Waals surface area contributed by atoms with Gasteiger partial charge in [-0.05, 0) is 27.7 Å². The van der Waals surface area contributed by atoms with Gasteiger partial charge >= 0.3 is 7.12 Å². The minimum absolute atomic E-state index is 0.0830. The quantitative estimate of drug-likeness (QED) is 0.787. The van der Waals surface area contributed by atoms with E-state index in [0.29, 0.717) is 5.46 Å². The average molecular weight is 280 g/mol. The van der Waals surface area contributed by atoms with Gasteiger partial charge in [0.25, 0.3) is 0 Å². The molecule has 0 amide bonds. The van der Waals surface area contributed by atoms with Gasteiger partial charge in [0.2, 0.25) is 0 Å². The van der Waals surface area contributed by atoms with Crippen LogP contribution in [-0.4, -0.2) is 17.2 Å². The average Bonchev–Trinajstić information content (AvgIpc) is 2.45. The van der Waals surface area contributed by atoms with Crippen molar-refractivity contribution < 1.29 is 10.0 Å². The maximum Gasteiger partial charge on any atom is 0.488 e. The third kappa shape index (κ3) is 1.95. The first-order valence-electron chi connectivity index (χ1n) is 7.37. The molecule has 2 N–H and O–H groups in total. The molecule has 0 radical (unpaired) electrons. The highest BCUT2D eigenvalue weighted by molar-refractivity contribution is 6.58. The molecule has 0 spiro atoms. The molecule has 3 heteroatoms. The summed E-state index contributed by atoms with van der Waals surface area (Å²) in [7, 11) is -1.42. The van der Waals surface area contributed by atoms with Gasteiger partial charge in [0.15, 0.2) is 0 Å². The zero-order chi connectivity index (χ0) is 15.4. The Hall–Kier alpha value is -1.58. The molecule has 0 aromatic heterocycles. The monoisotopic (exact) mass is 280 g/mol. The summed E-state index contributed by atoms with van der Waals surface area (Å²) >= 11 is 0. The predicted molar refractivity (Wildman–Crippen MR) is 87.0 cm³/mol. The molecule has 0 saturated heterocycles. The maximum absolute atomic E-state index is 9.48. The molecule has 108 valence electrons. The molecule has 1 aliphatic carbocycles. The second kappa shape index (κ2) is 4.46. The van der Waals surface area contributed by atoms with Crippen LogP contribution in [0.2, 0.25) is 0 Å². The fraction of sp³-hybridized carbons (Fsp3) is 0.333. The standard InChI is InChI=1S/C18H21BO2/c1-17(2)13-7-5-6-8-14(13)18(3,4)16-11-12(19(20)21)9-10-15(16)17/h5-11,20-21H,1-4H3. The van der Waals surface area contributed by atoms with Crippen LogP contribution >= 0.6 is 0 Å². The van der Waals surface area contributed by atoms with Crippen molar-refractivity contribution >= 4 is 12.6 Å². The summed E-state index contributed by atoms with van der Waals surface area (Å²) in [5, 5.41) is 19.0. The molecule has 0 heterocycles. The highest BCUT2D eigenvalue weighted by atomic mass is 16.4. The van der Waals surface area contributed by atoms with E-state index in [1.54, 1.807) is 0 Å². The Labute approximate surface area is 126 Å². The smallest absolute Gasteiger partial charge is 0.423 e. The third-order valence-electron chi connectivity index (χ3n) is 4.96. The summed E-state index contributed by atoms with van der Waals surface area (Å²) in [5.74, 6) is 0. The van der Waals surface area contributed by atoms with Crippen molar-refractivity contribution in [1.82, 2.24) is 0 Å². The minimum atomic E-state index is -1.42. The van der Waals surface area contributed by atoms with Crippen LogP contribution in [0.5, 0.6) is 0 Å². The summed E-state index contributed by atoms with van der Waals surface area (Å²) in [5.41, 5.74) is 5.42. The summed E-state index contributed by atoms with van der Waals surface area (Å²) in [6.07, 6.45) is 0. The van der Waals surface area contributed by atoms with Crippen LogP contribution in [0.4, 0.5) is 0 Å². The van der Waals surface area contributed by atoms with Gasteiger partial charge in [-0.25, -0.2) is 0 Å². The summed E-state index contributed by atoms with van der Waals surface area (Å²) in [6, 6.07) is 14.4. The van der Waals surface area contributed by atoms with E-state index >= 15 is 0 Å². The van der Waals surface area contributed by atoms with E-state index in [2.05, 4.69) is 52.0 Å². The van der Waals surface area contributed by atoms with Gasteiger partial charge in [-0.3, -0.25) is 0 Å². The van der Waals surface area contributed by atoms with Crippen LogP contribution in [0, 0.1) is 0 Å². The van der Waals surface area contributed by atoms with E-state index in [9.17, 15) is 10.0 Å². The van der Waals surface area contributed by atoms with Crippen LogP contribution in [0.25, 0.3) is 0 Å². The molecule has 0 saturated carbocycles. The van der Waals surface area contributed by atoms with Crippen molar-refractivity contribution in [2.75, 3.05) is 0 Å². The lowest BCUT2D eigenvalue weighted by molar-refractivity contribution is 0.425. The molecular formula is C18H21BO2. The predicted octanol–water partition coefficient (Wildman–Crippen LogP) is 2.33. The topological polar surface area (TPSA) is 40.5 Å². The molecule has 21 heavy (non-hydrogen) atoms. The lowest BCUT2D eigenvalue weighted by Crippen LogP contribution is -2.39. The van der Waals surface area contributed by atoms with E-state index in [1.807, 2.05) is 18.2 Å². The largest absolute Gasteiger partial charge is 0.488 e. The van der Waals surface area contributed by atoms with E-state index in [4.69, 9.17) is 0 Å². The molecule has 2 aromatic rings. The molecule has 0 bridgehead atoms. The summed E-state index contributed by atoms with van der Waals surface area (Å²) in [6.45, 7) is 8.87. The number of hydrogen-bond donors (Lipinski definition) is 2. The van der Waals surface area contributed by atoms with Gasteiger partial charge in [0, 0.05) is 10.8 Å². The van der Waals surface area contributed by atoms with Crippen LogP contribution in [0.1, 0.15) is 49.9 Å². The second-order valence-corrected chi connectivity index (χ2v) is 6.97. The van der Waals surface area contributed by atoms with E-state index in [0.717, 1.165) is 0 Å². The molecule has 0 fully saturated rings. The van der Waals surface area contributed by atoms with Crippen molar-refractivity contribution in [3.8, 4) is 0 Å². The Bertz CT molecular complexity index is 702. The van der Waals surface area contributed by atoms with Crippen molar-refractivity contribution in [3.05, 3.63) is 64.7 Å². The Balaban J connectivity index is 2.33. The van der Waals surface area contributed by atoms with Crippen LogP contribution < -0.4 is 5.46 Å². The molecule has 2 nitrogen and oxygen atoms in total. The minimum Gasteiger partial charge on any atom is -0.423 e. The number of hydrogen-bond acceptors (Lipinski definition) is 2. The first kappa shape index (κ1) is 14.4. The molecule has 2 aromatic carbocycles. The lowest BCUT2D eigenvalue weighted by Gasteiger charge is -2.44. The maximum atomic E-state index is 9.48. The van der Waals surface area contributed by atoms with E-state index < -0.39 is 7.12 Å². The molecule has 3 rings (SSSR count). The highest BCUT2D eigenvalue weighted by Crippen LogP contribution is 2.48. The fourth-order valence-electron chi connectivity index (χ4n) is 3.65. The van der Waals surface area contributed by atoms with Crippen LogP contribution in [0.3, 0.4) is 0 Å². The van der Waals surface area contributed by atoms with Crippen LogP contribution in [-0.2, 0) is 10.8 Å². The summed E-state index contributed by atoms with van der Waals surface area (Å²) in [4.78, 5) is 0. The molecule has 0 aliphatic heterocycles. The highest BCUT2D eigenvalue weighted by Gasteiger charge is 2.41. The third-order valence-corrected chi connectivity index (χ3v) is 4.96. The normalized spacial score (nSPS) is 17.8. The SMILES string of the molecule is CC1(C)c2ccccc2C(C)(C)c2cc(B(O)O)ccc21. The van der Waals surface area contributed by atoms with E-state index in [1.165, 1.54) is 22.3 Å². The first-order valence-corrected chi connectivity index (χ1v) is 7.37. The van der Waals surface area contributed by atoms with Gasteiger partial charge in [0.05, 0.1) is 0 Å². The summed E-state index contributed by atoms with van der Waals surface area (Å²) < 4.78 is 0. The van der Waals surface area contributed by atoms with Crippen molar-refractivity contribution in [1.29, 1.82) is 0 Å². The second-order valence-electron chi connectivity index (χ2n) is 6.97. The van der Waals surface area contributed by atoms with Gasteiger partial charge in [-0.15, -0.1) is 0 Å². The zero-order valence-electron chi connectivity index (χ0n) is 13.0. The lowest BCUT2D eigenvalue weighted by atomic mass is 9.59. The van der Waals surface area contributed by atoms with E-state index in [-0.39, 0.29) is 10.8 Å². The molecular weight excluding hydrogens is 259 g/mol. The number of rotatable bonds is 1.